The number of halogens is 6. The van der Waals surface area contributed by atoms with Crippen LogP contribution >= 0.6 is 0 Å². The maximum Gasteiger partial charge on any atom is 0.471 e. The highest BCUT2D eigenvalue weighted by molar-refractivity contribution is 6.00. The largest absolute Gasteiger partial charge is 0.481 e. The molecular weight excluding hydrogens is 332 g/mol. The summed E-state index contributed by atoms with van der Waals surface area (Å²) in [4.78, 5) is 22.5. The summed E-state index contributed by atoms with van der Waals surface area (Å²) < 4.78 is 77.1. The second-order valence-electron chi connectivity index (χ2n) is 4.88. The van der Waals surface area contributed by atoms with Gasteiger partial charge in [0, 0.05) is 6.54 Å². The lowest BCUT2D eigenvalue weighted by atomic mass is 9.87. The summed E-state index contributed by atoms with van der Waals surface area (Å²) in [6.45, 7) is -0.768. The molecule has 1 aliphatic heterocycles. The zero-order valence-corrected chi connectivity index (χ0v) is 11.2. The first-order chi connectivity index (χ1) is 10.4. The molecule has 0 aliphatic carbocycles. The standard InChI is InChI=1S/C13H9F6NO3/c14-12(15,16)8-3-1-2-6-7(10(21)22)4-5-20(9(6)8)11(23)13(17,18)19/h1-3,7H,4-5H2,(H,21,22). The van der Waals surface area contributed by atoms with E-state index in [1.807, 2.05) is 0 Å². The highest BCUT2D eigenvalue weighted by Gasteiger charge is 2.48. The monoisotopic (exact) mass is 341 g/mol. The van der Waals surface area contributed by atoms with E-state index in [1.165, 1.54) is 0 Å². The Morgan fingerprint density at radius 2 is 1.74 bits per heavy atom. The molecular formula is C13H9F6NO3. The Bertz CT molecular complexity index is 652. The van der Waals surface area contributed by atoms with Crippen molar-refractivity contribution in [1.82, 2.24) is 0 Å². The van der Waals surface area contributed by atoms with Crippen molar-refractivity contribution < 1.29 is 41.0 Å². The molecule has 23 heavy (non-hydrogen) atoms. The molecule has 1 aromatic carbocycles. The van der Waals surface area contributed by atoms with E-state index in [0.29, 0.717) is 6.07 Å². The first-order valence-electron chi connectivity index (χ1n) is 6.26. The quantitative estimate of drug-likeness (QED) is 0.799. The molecule has 1 N–H and O–H groups in total. The smallest absolute Gasteiger partial charge is 0.471 e. The number of carboxylic acid groups (broad SMARTS) is 1. The van der Waals surface area contributed by atoms with Crippen LogP contribution in [-0.2, 0) is 15.8 Å². The van der Waals surface area contributed by atoms with Gasteiger partial charge in [-0.05, 0) is 18.1 Å². The van der Waals surface area contributed by atoms with Gasteiger partial charge in [0.1, 0.15) is 0 Å². The SMILES string of the molecule is O=C(O)C1CCN(C(=O)C(F)(F)F)c2c1cccc2C(F)(F)F. The van der Waals surface area contributed by atoms with Gasteiger partial charge in [-0.1, -0.05) is 12.1 Å². The van der Waals surface area contributed by atoms with Crippen LogP contribution in [0, 0.1) is 0 Å². The highest BCUT2D eigenvalue weighted by Crippen LogP contribution is 2.45. The summed E-state index contributed by atoms with van der Waals surface area (Å²) in [6, 6.07) is 2.40. The maximum atomic E-state index is 13.1. The number of nitrogens with zero attached hydrogens (tertiary/aromatic N) is 1. The summed E-state index contributed by atoms with van der Waals surface area (Å²) >= 11 is 0. The number of carbonyl (C=O) groups excluding carboxylic acids is 1. The molecule has 126 valence electrons. The average molecular weight is 341 g/mol. The van der Waals surface area contributed by atoms with Gasteiger partial charge in [0.25, 0.3) is 0 Å². The van der Waals surface area contributed by atoms with Crippen LogP contribution in [-0.4, -0.2) is 29.7 Å². The minimum absolute atomic E-state index is 0.0441. The Labute approximate surface area is 125 Å². The van der Waals surface area contributed by atoms with Crippen LogP contribution in [0.5, 0.6) is 0 Å². The van der Waals surface area contributed by atoms with Gasteiger partial charge < -0.3 is 10.0 Å². The lowest BCUT2D eigenvalue weighted by Crippen LogP contribution is -2.46. The van der Waals surface area contributed by atoms with E-state index in [-0.39, 0.29) is 4.90 Å². The normalized spacial score (nSPS) is 18.5. The van der Waals surface area contributed by atoms with Crippen molar-refractivity contribution in [3.63, 3.8) is 0 Å². The molecule has 0 aromatic heterocycles. The van der Waals surface area contributed by atoms with Gasteiger partial charge in [0.2, 0.25) is 0 Å². The molecule has 1 unspecified atom stereocenters. The minimum Gasteiger partial charge on any atom is -0.481 e. The number of para-hydroxylation sites is 1. The third-order valence-electron chi connectivity index (χ3n) is 3.45. The third-order valence-corrected chi connectivity index (χ3v) is 3.45. The number of hydrogen-bond acceptors (Lipinski definition) is 2. The molecule has 2 rings (SSSR count). The van der Waals surface area contributed by atoms with Crippen molar-refractivity contribution in [2.45, 2.75) is 24.7 Å². The number of alkyl halides is 6. The van der Waals surface area contributed by atoms with Gasteiger partial charge in [-0.15, -0.1) is 0 Å². The molecule has 0 saturated carbocycles. The van der Waals surface area contributed by atoms with E-state index in [2.05, 4.69) is 0 Å². The predicted molar refractivity (Wildman–Crippen MR) is 64.8 cm³/mol. The lowest BCUT2D eigenvalue weighted by molar-refractivity contribution is -0.170. The van der Waals surface area contributed by atoms with Crippen LogP contribution in [0.4, 0.5) is 32.0 Å². The molecule has 0 fully saturated rings. The summed E-state index contributed by atoms with van der Waals surface area (Å²) in [5, 5.41) is 9.06. The van der Waals surface area contributed by atoms with E-state index in [4.69, 9.17) is 5.11 Å². The van der Waals surface area contributed by atoms with E-state index in [9.17, 15) is 35.9 Å². The fraction of sp³-hybridized carbons (Fsp3) is 0.385. The number of fused-ring (bicyclic) bond motifs is 1. The second-order valence-corrected chi connectivity index (χ2v) is 4.88. The number of rotatable bonds is 1. The molecule has 10 heteroatoms. The fourth-order valence-electron chi connectivity index (χ4n) is 2.51. The molecule has 1 aromatic rings. The van der Waals surface area contributed by atoms with Crippen molar-refractivity contribution in [3.05, 3.63) is 29.3 Å². The van der Waals surface area contributed by atoms with Crippen molar-refractivity contribution in [2.24, 2.45) is 0 Å². The highest BCUT2D eigenvalue weighted by atomic mass is 19.4. The predicted octanol–water partition coefficient (Wildman–Crippen LogP) is 3.17. The Morgan fingerprint density at radius 3 is 2.22 bits per heavy atom. The van der Waals surface area contributed by atoms with Gasteiger partial charge >= 0.3 is 24.2 Å². The Morgan fingerprint density at radius 1 is 1.13 bits per heavy atom. The topological polar surface area (TPSA) is 57.6 Å². The zero-order valence-electron chi connectivity index (χ0n) is 11.2. The van der Waals surface area contributed by atoms with Crippen LogP contribution in [0.15, 0.2) is 18.2 Å². The third kappa shape index (κ3) is 3.10. The molecule has 0 spiro atoms. The summed E-state index contributed by atoms with van der Waals surface area (Å²) in [6.07, 6.45) is -10.8. The number of hydrogen-bond donors (Lipinski definition) is 1. The van der Waals surface area contributed by atoms with Crippen molar-refractivity contribution >= 4 is 17.6 Å². The number of amides is 1. The molecule has 1 atom stereocenters. The number of anilines is 1. The van der Waals surface area contributed by atoms with Crippen LogP contribution in [0.25, 0.3) is 0 Å². The molecule has 1 aliphatic rings. The molecule has 4 nitrogen and oxygen atoms in total. The summed E-state index contributed by atoms with van der Waals surface area (Å²) in [5.74, 6) is -5.34. The average Bonchev–Trinajstić information content (AvgIpc) is 2.42. The van der Waals surface area contributed by atoms with Gasteiger partial charge in [-0.25, -0.2) is 0 Å². The number of benzene rings is 1. The molecule has 0 bridgehead atoms. The molecule has 1 heterocycles. The van der Waals surface area contributed by atoms with Gasteiger partial charge in [0.15, 0.2) is 0 Å². The summed E-state index contributed by atoms with van der Waals surface area (Å²) in [5.41, 5.74) is -2.98. The Balaban J connectivity index is 2.69. The van der Waals surface area contributed by atoms with Gasteiger partial charge in [-0.3, -0.25) is 9.59 Å². The Kier molecular flexibility index (Phi) is 4.03. The number of carboxylic acids is 1. The van der Waals surface area contributed by atoms with Crippen LogP contribution < -0.4 is 4.90 Å². The van der Waals surface area contributed by atoms with E-state index < -0.39 is 59.9 Å². The van der Waals surface area contributed by atoms with E-state index in [1.54, 1.807) is 0 Å². The lowest BCUT2D eigenvalue weighted by Gasteiger charge is -2.35. The van der Waals surface area contributed by atoms with E-state index >= 15 is 0 Å². The van der Waals surface area contributed by atoms with Crippen molar-refractivity contribution in [1.29, 1.82) is 0 Å². The first kappa shape index (κ1) is 17.1. The van der Waals surface area contributed by atoms with Crippen molar-refractivity contribution in [2.75, 3.05) is 11.4 Å². The van der Waals surface area contributed by atoms with Crippen LogP contribution in [0.3, 0.4) is 0 Å². The minimum atomic E-state index is -5.37. The number of aliphatic carboxylic acids is 1. The van der Waals surface area contributed by atoms with Crippen LogP contribution in [0.2, 0.25) is 0 Å². The maximum absolute atomic E-state index is 13.1. The Hall–Kier alpha value is -2.26. The van der Waals surface area contributed by atoms with Gasteiger partial charge in [0.05, 0.1) is 17.2 Å². The first-order valence-corrected chi connectivity index (χ1v) is 6.26. The summed E-state index contributed by atoms with van der Waals surface area (Å²) in [7, 11) is 0. The van der Waals surface area contributed by atoms with Gasteiger partial charge in [-0.2, -0.15) is 26.3 Å². The number of carbonyl (C=O) groups is 2. The van der Waals surface area contributed by atoms with Crippen molar-refractivity contribution in [3.8, 4) is 0 Å². The molecule has 0 radical (unpaired) electrons. The molecule has 1 amide bonds. The molecule has 0 saturated heterocycles. The zero-order chi connectivity index (χ0) is 17.6. The van der Waals surface area contributed by atoms with E-state index in [0.717, 1.165) is 12.1 Å². The fourth-order valence-corrected chi connectivity index (χ4v) is 2.51. The second kappa shape index (κ2) is 5.43. The van der Waals surface area contributed by atoms with Crippen LogP contribution in [0.1, 0.15) is 23.5 Å².